The molecule has 106 valence electrons. The first-order valence-corrected chi connectivity index (χ1v) is 7.56. The van der Waals surface area contributed by atoms with Crippen LogP contribution in [0.3, 0.4) is 0 Å². The highest BCUT2D eigenvalue weighted by Crippen LogP contribution is 2.39. The van der Waals surface area contributed by atoms with E-state index >= 15 is 0 Å². The average molecular weight is 281 g/mol. The first kappa shape index (κ1) is 14.7. The molecule has 1 aromatic rings. The van der Waals surface area contributed by atoms with E-state index in [1.807, 2.05) is 18.2 Å². The number of nitrogens with two attached hydrogens (primary N) is 1. The smallest absolute Gasteiger partial charge is 0.0495 e. The highest BCUT2D eigenvalue weighted by Gasteiger charge is 2.34. The van der Waals surface area contributed by atoms with E-state index in [4.69, 9.17) is 17.3 Å². The molecule has 0 heterocycles. The molecular formula is C16H25ClN2. The molecule has 1 aliphatic carbocycles. The van der Waals surface area contributed by atoms with Gasteiger partial charge in [-0.05, 0) is 49.3 Å². The number of anilines is 1. The maximum absolute atomic E-state index is 6.09. The summed E-state index contributed by atoms with van der Waals surface area (Å²) in [6.45, 7) is 5.40. The predicted molar refractivity (Wildman–Crippen MR) is 83.7 cm³/mol. The topological polar surface area (TPSA) is 38.0 Å². The van der Waals surface area contributed by atoms with E-state index in [1.165, 1.54) is 19.3 Å². The predicted octanol–water partition coefficient (Wildman–Crippen LogP) is 4.44. The molecule has 0 amide bonds. The van der Waals surface area contributed by atoms with E-state index in [-0.39, 0.29) is 5.54 Å². The van der Waals surface area contributed by atoms with Gasteiger partial charge in [0.05, 0.1) is 0 Å². The average Bonchev–Trinajstić information content (AvgIpc) is 2.49. The van der Waals surface area contributed by atoms with Crippen molar-refractivity contribution in [3.8, 4) is 0 Å². The van der Waals surface area contributed by atoms with Gasteiger partial charge in [0.15, 0.2) is 0 Å². The van der Waals surface area contributed by atoms with E-state index in [2.05, 4.69) is 25.2 Å². The lowest BCUT2D eigenvalue weighted by Crippen LogP contribution is -2.45. The Morgan fingerprint density at radius 3 is 2.68 bits per heavy atom. The van der Waals surface area contributed by atoms with E-state index in [1.54, 1.807) is 0 Å². The van der Waals surface area contributed by atoms with Gasteiger partial charge in [-0.25, -0.2) is 0 Å². The SMILES string of the molecule is CC1(C)CCCC(CN)(Nc2cccc(Cl)c2)CC1. The van der Waals surface area contributed by atoms with Gasteiger partial charge in [-0.15, -0.1) is 0 Å². The number of halogens is 1. The quantitative estimate of drug-likeness (QED) is 0.804. The summed E-state index contributed by atoms with van der Waals surface area (Å²) < 4.78 is 0. The second-order valence-electron chi connectivity index (χ2n) is 6.64. The summed E-state index contributed by atoms with van der Waals surface area (Å²) in [5, 5.41) is 4.42. The zero-order chi connectivity index (χ0) is 13.9. The summed E-state index contributed by atoms with van der Waals surface area (Å²) in [5.74, 6) is 0. The standard InChI is InChI=1S/C16H25ClN2/c1-15(2)7-4-8-16(12-18,10-9-15)19-14-6-3-5-13(17)11-14/h3,5-6,11,19H,4,7-10,12,18H2,1-2H3. The summed E-state index contributed by atoms with van der Waals surface area (Å²) in [6, 6.07) is 7.93. The van der Waals surface area contributed by atoms with E-state index in [0.717, 1.165) is 23.6 Å². The Bertz CT molecular complexity index is 431. The van der Waals surface area contributed by atoms with Crippen molar-refractivity contribution in [1.82, 2.24) is 0 Å². The summed E-state index contributed by atoms with van der Waals surface area (Å²) >= 11 is 6.06. The molecule has 0 radical (unpaired) electrons. The van der Waals surface area contributed by atoms with Crippen LogP contribution in [0.2, 0.25) is 5.02 Å². The molecule has 1 atom stereocenters. The van der Waals surface area contributed by atoms with Crippen molar-refractivity contribution in [2.75, 3.05) is 11.9 Å². The van der Waals surface area contributed by atoms with Crippen LogP contribution < -0.4 is 11.1 Å². The molecule has 1 aliphatic rings. The third kappa shape index (κ3) is 3.87. The number of nitrogens with one attached hydrogen (secondary N) is 1. The molecule has 0 bridgehead atoms. The molecule has 3 heteroatoms. The van der Waals surface area contributed by atoms with Crippen LogP contribution in [0.5, 0.6) is 0 Å². The van der Waals surface area contributed by atoms with Gasteiger partial charge in [-0.3, -0.25) is 0 Å². The minimum absolute atomic E-state index is 0.0262. The second kappa shape index (κ2) is 5.72. The number of hydrogen-bond acceptors (Lipinski definition) is 2. The number of hydrogen-bond donors (Lipinski definition) is 2. The van der Waals surface area contributed by atoms with Crippen molar-refractivity contribution in [2.45, 2.75) is 51.5 Å². The van der Waals surface area contributed by atoms with Crippen LogP contribution in [0.15, 0.2) is 24.3 Å². The van der Waals surface area contributed by atoms with Crippen LogP contribution in [0.4, 0.5) is 5.69 Å². The summed E-state index contributed by atoms with van der Waals surface area (Å²) in [7, 11) is 0. The maximum atomic E-state index is 6.09. The van der Waals surface area contributed by atoms with Gasteiger partial charge in [0.2, 0.25) is 0 Å². The molecule has 0 saturated heterocycles. The third-order valence-electron chi connectivity index (χ3n) is 4.41. The Morgan fingerprint density at radius 2 is 2.00 bits per heavy atom. The van der Waals surface area contributed by atoms with Crippen molar-refractivity contribution in [1.29, 1.82) is 0 Å². The van der Waals surface area contributed by atoms with Crippen molar-refractivity contribution < 1.29 is 0 Å². The first-order chi connectivity index (χ1) is 8.95. The van der Waals surface area contributed by atoms with Crippen molar-refractivity contribution in [3.05, 3.63) is 29.3 Å². The number of benzene rings is 1. The molecule has 19 heavy (non-hydrogen) atoms. The minimum Gasteiger partial charge on any atom is -0.378 e. The molecule has 2 nitrogen and oxygen atoms in total. The Morgan fingerprint density at radius 1 is 1.21 bits per heavy atom. The summed E-state index contributed by atoms with van der Waals surface area (Å²) in [5.41, 5.74) is 7.63. The Labute approximate surface area is 121 Å². The summed E-state index contributed by atoms with van der Waals surface area (Å²) in [4.78, 5) is 0. The van der Waals surface area contributed by atoms with Gasteiger partial charge in [0.1, 0.15) is 0 Å². The fourth-order valence-electron chi connectivity index (χ4n) is 2.99. The minimum atomic E-state index is 0.0262. The first-order valence-electron chi connectivity index (χ1n) is 7.19. The van der Waals surface area contributed by atoms with Crippen molar-refractivity contribution >= 4 is 17.3 Å². The highest BCUT2D eigenvalue weighted by atomic mass is 35.5. The fourth-order valence-corrected chi connectivity index (χ4v) is 3.18. The molecule has 1 fully saturated rings. The molecule has 1 aromatic carbocycles. The third-order valence-corrected chi connectivity index (χ3v) is 4.65. The van der Waals surface area contributed by atoms with Gasteiger partial charge in [-0.2, -0.15) is 0 Å². The van der Waals surface area contributed by atoms with E-state index < -0.39 is 0 Å². The van der Waals surface area contributed by atoms with Crippen LogP contribution in [0.25, 0.3) is 0 Å². The van der Waals surface area contributed by atoms with Crippen molar-refractivity contribution in [3.63, 3.8) is 0 Å². The molecule has 0 aromatic heterocycles. The van der Waals surface area contributed by atoms with Crippen LogP contribution in [0.1, 0.15) is 46.0 Å². The van der Waals surface area contributed by atoms with E-state index in [9.17, 15) is 0 Å². The lowest BCUT2D eigenvalue weighted by molar-refractivity contribution is 0.305. The number of rotatable bonds is 3. The second-order valence-corrected chi connectivity index (χ2v) is 7.07. The molecule has 3 N–H and O–H groups in total. The molecule has 2 rings (SSSR count). The molecular weight excluding hydrogens is 256 g/mol. The van der Waals surface area contributed by atoms with Crippen molar-refractivity contribution in [2.24, 2.45) is 11.1 Å². The molecule has 1 unspecified atom stereocenters. The van der Waals surface area contributed by atoms with Gasteiger partial charge in [0.25, 0.3) is 0 Å². The molecule has 0 aliphatic heterocycles. The van der Waals surface area contributed by atoms with Crippen LogP contribution in [-0.2, 0) is 0 Å². The Balaban J connectivity index is 2.14. The van der Waals surface area contributed by atoms with Crippen LogP contribution in [-0.4, -0.2) is 12.1 Å². The normalized spacial score (nSPS) is 26.7. The van der Waals surface area contributed by atoms with Gasteiger partial charge >= 0.3 is 0 Å². The summed E-state index contributed by atoms with van der Waals surface area (Å²) in [6.07, 6.45) is 6.00. The zero-order valence-corrected chi connectivity index (χ0v) is 12.8. The van der Waals surface area contributed by atoms with Gasteiger partial charge in [0, 0.05) is 22.8 Å². The largest absolute Gasteiger partial charge is 0.378 e. The zero-order valence-electron chi connectivity index (χ0n) is 12.0. The molecule has 1 saturated carbocycles. The van der Waals surface area contributed by atoms with Gasteiger partial charge < -0.3 is 11.1 Å². The Kier molecular flexibility index (Phi) is 4.42. The fraction of sp³-hybridized carbons (Fsp3) is 0.625. The monoisotopic (exact) mass is 280 g/mol. The lowest BCUT2D eigenvalue weighted by atomic mass is 9.83. The van der Waals surface area contributed by atoms with Crippen LogP contribution >= 0.6 is 11.6 Å². The van der Waals surface area contributed by atoms with Gasteiger partial charge in [-0.1, -0.05) is 37.9 Å². The van der Waals surface area contributed by atoms with E-state index in [0.29, 0.717) is 12.0 Å². The Hall–Kier alpha value is -0.730. The highest BCUT2D eigenvalue weighted by molar-refractivity contribution is 6.30. The lowest BCUT2D eigenvalue weighted by Gasteiger charge is -2.34. The van der Waals surface area contributed by atoms with Crippen LogP contribution in [0, 0.1) is 5.41 Å². The maximum Gasteiger partial charge on any atom is 0.0495 e. The molecule has 0 spiro atoms.